The van der Waals surface area contributed by atoms with Crippen molar-refractivity contribution in [2.45, 2.75) is 0 Å². The Kier molecular flexibility index (Phi) is 6.76. The van der Waals surface area contributed by atoms with E-state index in [1.807, 2.05) is 23.5 Å². The number of nitrogens with zero attached hydrogens (tertiary/aromatic N) is 1. The van der Waals surface area contributed by atoms with Crippen LogP contribution in [0.25, 0.3) is 85.9 Å². The molecule has 0 N–H and O–H groups in total. The first-order valence-corrected chi connectivity index (χ1v) is 18.8. The number of hydrogen-bond acceptors (Lipinski definition) is 3. The van der Waals surface area contributed by atoms with Gasteiger partial charge in [-0.25, -0.2) is 0 Å². The second-order valence-electron chi connectivity index (χ2n) is 13.7. The molecule has 2 heterocycles. The second-order valence-corrected chi connectivity index (χ2v) is 14.8. The average Bonchev–Trinajstić information content (AvgIpc) is 3.80. The van der Waals surface area contributed by atoms with Crippen molar-refractivity contribution in [3.63, 3.8) is 0 Å². The lowest BCUT2D eigenvalue weighted by molar-refractivity contribution is 0.669. The van der Waals surface area contributed by atoms with Crippen LogP contribution in [0.5, 0.6) is 0 Å². The Hall–Kier alpha value is -6.68. The fourth-order valence-corrected chi connectivity index (χ4v) is 9.26. The molecule has 0 aliphatic carbocycles. The lowest BCUT2D eigenvalue weighted by Crippen LogP contribution is -2.10. The molecular weight excluding hydrogens is 663 g/mol. The predicted molar refractivity (Wildman–Crippen MR) is 227 cm³/mol. The van der Waals surface area contributed by atoms with Crippen molar-refractivity contribution in [1.29, 1.82) is 0 Å². The van der Waals surface area contributed by atoms with Gasteiger partial charge in [-0.15, -0.1) is 11.3 Å². The van der Waals surface area contributed by atoms with Crippen molar-refractivity contribution in [1.82, 2.24) is 0 Å². The Morgan fingerprint density at radius 1 is 0.396 bits per heavy atom. The number of rotatable bonds is 5. The Labute approximate surface area is 310 Å². The number of benzene rings is 9. The van der Waals surface area contributed by atoms with Crippen molar-refractivity contribution < 1.29 is 4.42 Å². The van der Waals surface area contributed by atoms with Crippen LogP contribution in [0, 0.1) is 0 Å². The summed E-state index contributed by atoms with van der Waals surface area (Å²) in [6.07, 6.45) is 0. The lowest BCUT2D eigenvalue weighted by atomic mass is 9.97. The van der Waals surface area contributed by atoms with Gasteiger partial charge in [-0.1, -0.05) is 133 Å². The van der Waals surface area contributed by atoms with E-state index in [1.54, 1.807) is 0 Å². The molecule has 11 aromatic rings. The summed E-state index contributed by atoms with van der Waals surface area (Å²) in [4.78, 5) is 2.32. The minimum absolute atomic E-state index is 0.873. The molecule has 248 valence electrons. The number of para-hydroxylation sites is 2. The molecule has 11 rings (SSSR count). The zero-order chi connectivity index (χ0) is 34.9. The van der Waals surface area contributed by atoms with Crippen LogP contribution < -0.4 is 4.90 Å². The molecule has 53 heavy (non-hydrogen) atoms. The molecule has 0 atom stereocenters. The molecule has 2 aromatic heterocycles. The highest BCUT2D eigenvalue weighted by atomic mass is 32.1. The Bertz CT molecular complexity index is 3160. The van der Waals surface area contributed by atoms with Crippen molar-refractivity contribution in [2.75, 3.05) is 4.90 Å². The van der Waals surface area contributed by atoms with Crippen LogP contribution >= 0.6 is 11.3 Å². The minimum atomic E-state index is 0.873. The molecule has 2 nitrogen and oxygen atoms in total. The van der Waals surface area contributed by atoms with Gasteiger partial charge in [0.25, 0.3) is 0 Å². The van der Waals surface area contributed by atoms with Crippen molar-refractivity contribution in [3.05, 3.63) is 188 Å². The second kappa shape index (κ2) is 11.9. The first-order chi connectivity index (χ1) is 26.3. The highest BCUT2D eigenvalue weighted by Crippen LogP contribution is 2.44. The van der Waals surface area contributed by atoms with Gasteiger partial charge in [0, 0.05) is 42.3 Å². The molecule has 0 fully saturated rings. The average molecular weight is 694 g/mol. The summed E-state index contributed by atoms with van der Waals surface area (Å²) in [6.45, 7) is 0. The van der Waals surface area contributed by atoms with Crippen LogP contribution in [0.1, 0.15) is 0 Å². The third-order valence-electron chi connectivity index (χ3n) is 10.7. The number of fused-ring (bicyclic) bond motifs is 9. The molecule has 0 amide bonds. The van der Waals surface area contributed by atoms with E-state index in [4.69, 9.17) is 4.42 Å². The molecule has 9 aromatic carbocycles. The van der Waals surface area contributed by atoms with Gasteiger partial charge in [-0.2, -0.15) is 0 Å². The summed E-state index contributed by atoms with van der Waals surface area (Å²) in [6, 6.07) is 67.9. The van der Waals surface area contributed by atoms with E-state index in [-0.39, 0.29) is 0 Å². The Morgan fingerprint density at radius 3 is 1.91 bits per heavy atom. The quantitative estimate of drug-likeness (QED) is 0.178. The third-order valence-corrected chi connectivity index (χ3v) is 11.8. The standard InChI is InChI=1S/C50H31NOS/c1-2-11-39-33(9-1)10-7-14-40(39)34-21-27-38(28-22-34)51(45-16-8-15-43-42-12-3-5-17-46(42)52-50(43)45)37-25-19-32(20-26-37)35-23-29-41-36(31-35)24-30-48-49(41)44-13-4-6-18-47(44)53-48/h1-31H. The molecule has 0 spiro atoms. The first-order valence-electron chi connectivity index (χ1n) is 18.0. The van der Waals surface area contributed by atoms with Gasteiger partial charge in [0.15, 0.2) is 5.58 Å². The highest BCUT2D eigenvalue weighted by molar-refractivity contribution is 7.26. The van der Waals surface area contributed by atoms with Gasteiger partial charge in [-0.3, -0.25) is 0 Å². The van der Waals surface area contributed by atoms with Gasteiger partial charge >= 0.3 is 0 Å². The van der Waals surface area contributed by atoms with Gasteiger partial charge < -0.3 is 9.32 Å². The number of thiophene rings is 1. The van der Waals surface area contributed by atoms with Crippen LogP contribution in [-0.4, -0.2) is 0 Å². The molecule has 0 saturated carbocycles. The van der Waals surface area contributed by atoms with Crippen LogP contribution in [0.4, 0.5) is 17.1 Å². The SMILES string of the molecule is c1ccc2c(-c3ccc(N(c4ccc(-c5ccc6c(ccc7sc8ccccc8c76)c5)cc4)c4cccc5c4oc4ccccc45)cc3)cccc2c1. The largest absolute Gasteiger partial charge is 0.454 e. The molecule has 0 aliphatic heterocycles. The van der Waals surface area contributed by atoms with Crippen LogP contribution in [0.3, 0.4) is 0 Å². The molecule has 0 unspecified atom stereocenters. The van der Waals surface area contributed by atoms with E-state index < -0.39 is 0 Å². The zero-order valence-electron chi connectivity index (χ0n) is 28.7. The maximum atomic E-state index is 6.59. The molecular formula is C50H31NOS. The van der Waals surface area contributed by atoms with Crippen molar-refractivity contribution in [2.24, 2.45) is 0 Å². The van der Waals surface area contributed by atoms with Crippen LogP contribution in [-0.2, 0) is 0 Å². The maximum absolute atomic E-state index is 6.59. The van der Waals surface area contributed by atoms with E-state index >= 15 is 0 Å². The number of furan rings is 1. The van der Waals surface area contributed by atoms with E-state index in [9.17, 15) is 0 Å². The first kappa shape index (κ1) is 30.0. The summed E-state index contributed by atoms with van der Waals surface area (Å²) < 4.78 is 9.26. The van der Waals surface area contributed by atoms with E-state index in [2.05, 4.69) is 181 Å². The summed E-state index contributed by atoms with van der Waals surface area (Å²) in [5.41, 5.74) is 9.69. The molecule has 0 aliphatic rings. The van der Waals surface area contributed by atoms with Gasteiger partial charge in [0.1, 0.15) is 5.58 Å². The number of hydrogen-bond donors (Lipinski definition) is 0. The molecule has 0 saturated heterocycles. The topological polar surface area (TPSA) is 16.4 Å². The molecule has 0 bridgehead atoms. The van der Waals surface area contributed by atoms with Crippen molar-refractivity contribution in [3.8, 4) is 22.3 Å². The Balaban J connectivity index is 1.03. The lowest BCUT2D eigenvalue weighted by Gasteiger charge is -2.26. The smallest absolute Gasteiger partial charge is 0.159 e. The van der Waals surface area contributed by atoms with Gasteiger partial charge in [-0.05, 0) is 98.4 Å². The fourth-order valence-electron chi connectivity index (χ4n) is 8.14. The maximum Gasteiger partial charge on any atom is 0.159 e. The molecule has 3 heteroatoms. The van der Waals surface area contributed by atoms with E-state index in [0.717, 1.165) is 39.0 Å². The minimum Gasteiger partial charge on any atom is -0.454 e. The summed E-state index contributed by atoms with van der Waals surface area (Å²) in [5, 5.41) is 9.97. The third kappa shape index (κ3) is 4.86. The predicted octanol–water partition coefficient (Wildman–Crippen LogP) is 15.1. The Morgan fingerprint density at radius 2 is 1.06 bits per heavy atom. The summed E-state index contributed by atoms with van der Waals surface area (Å²) >= 11 is 1.87. The number of anilines is 3. The van der Waals surface area contributed by atoms with Crippen molar-refractivity contribution >= 4 is 92.1 Å². The van der Waals surface area contributed by atoms with Gasteiger partial charge in [0.05, 0.1) is 5.69 Å². The summed E-state index contributed by atoms with van der Waals surface area (Å²) in [7, 11) is 0. The zero-order valence-corrected chi connectivity index (χ0v) is 29.5. The van der Waals surface area contributed by atoms with Crippen LogP contribution in [0.2, 0.25) is 0 Å². The van der Waals surface area contributed by atoms with Crippen LogP contribution in [0.15, 0.2) is 192 Å². The van der Waals surface area contributed by atoms with E-state index in [1.165, 1.54) is 64.0 Å². The fraction of sp³-hybridized carbons (Fsp3) is 0. The highest BCUT2D eigenvalue weighted by Gasteiger charge is 2.20. The molecule has 0 radical (unpaired) electrons. The normalized spacial score (nSPS) is 11.8. The summed E-state index contributed by atoms with van der Waals surface area (Å²) in [5.74, 6) is 0. The van der Waals surface area contributed by atoms with E-state index in [0.29, 0.717) is 0 Å². The van der Waals surface area contributed by atoms with Gasteiger partial charge in [0.2, 0.25) is 0 Å². The monoisotopic (exact) mass is 693 g/mol.